The summed E-state index contributed by atoms with van der Waals surface area (Å²) in [4.78, 5) is 14.0. The van der Waals surface area contributed by atoms with Gasteiger partial charge in [-0.05, 0) is 50.5 Å². The van der Waals surface area contributed by atoms with E-state index in [0.717, 1.165) is 5.69 Å². The molecule has 0 aliphatic rings. The molecule has 0 fully saturated rings. The average Bonchev–Trinajstić information content (AvgIpc) is 2.93. The van der Waals surface area contributed by atoms with Crippen LogP contribution in [0.4, 0.5) is 4.39 Å². The van der Waals surface area contributed by atoms with Gasteiger partial charge in [0.1, 0.15) is 11.6 Å². The minimum Gasteiger partial charge on any atom is -0.484 e. The number of nitrogens with zero attached hydrogens (tertiary/aromatic N) is 2. The lowest BCUT2D eigenvalue weighted by atomic mass is 10.2. The summed E-state index contributed by atoms with van der Waals surface area (Å²) in [6.45, 7) is 0.384. The minimum absolute atomic E-state index is 0.0739. The molecule has 1 heterocycles. The number of aryl methyl sites for hydroxylation is 1. The number of benzene rings is 1. The molecule has 1 amide bonds. The second kappa shape index (κ2) is 7.78. The first-order valence-electron chi connectivity index (χ1n) is 7.40. The number of ether oxygens (including phenoxy) is 1. The highest BCUT2D eigenvalue weighted by Gasteiger charge is 2.17. The maximum Gasteiger partial charge on any atom is 0.258 e. The van der Waals surface area contributed by atoms with E-state index in [9.17, 15) is 9.18 Å². The number of carbonyl (C=O) groups is 1. The first-order chi connectivity index (χ1) is 11.0. The third kappa shape index (κ3) is 4.82. The number of hydrogen-bond acceptors (Lipinski definition) is 3. The molecule has 2 aromatic rings. The van der Waals surface area contributed by atoms with Gasteiger partial charge >= 0.3 is 0 Å². The van der Waals surface area contributed by atoms with Crippen molar-refractivity contribution in [2.24, 2.45) is 7.05 Å². The van der Waals surface area contributed by atoms with Gasteiger partial charge in [-0.25, -0.2) is 4.39 Å². The molecule has 1 atom stereocenters. The SMILES string of the molecule is CN(C)C(CNC(=O)COc1ccc(F)cc1)c1cccn1C. The fraction of sp³-hybridized carbons (Fsp3) is 0.353. The maximum atomic E-state index is 12.8. The molecule has 0 spiro atoms. The van der Waals surface area contributed by atoms with Crippen LogP contribution in [0, 0.1) is 5.82 Å². The van der Waals surface area contributed by atoms with Gasteiger partial charge in [-0.1, -0.05) is 0 Å². The van der Waals surface area contributed by atoms with E-state index in [0.29, 0.717) is 12.3 Å². The summed E-state index contributed by atoms with van der Waals surface area (Å²) in [7, 11) is 5.92. The number of halogens is 1. The van der Waals surface area contributed by atoms with E-state index in [1.807, 2.05) is 44.0 Å². The molecule has 1 aromatic heterocycles. The molecule has 0 saturated heterocycles. The van der Waals surface area contributed by atoms with Gasteiger partial charge in [0, 0.05) is 25.5 Å². The zero-order valence-corrected chi connectivity index (χ0v) is 13.6. The fourth-order valence-electron chi connectivity index (χ4n) is 2.31. The van der Waals surface area contributed by atoms with E-state index < -0.39 is 0 Å². The molecule has 6 heteroatoms. The molecule has 5 nitrogen and oxygen atoms in total. The zero-order chi connectivity index (χ0) is 16.8. The first-order valence-corrected chi connectivity index (χ1v) is 7.40. The number of carbonyl (C=O) groups excluding carboxylic acids is 1. The fourth-order valence-corrected chi connectivity index (χ4v) is 2.31. The summed E-state index contributed by atoms with van der Waals surface area (Å²) in [6, 6.07) is 9.67. The van der Waals surface area contributed by atoms with E-state index in [1.165, 1.54) is 24.3 Å². The van der Waals surface area contributed by atoms with Crippen LogP contribution in [0.5, 0.6) is 5.75 Å². The first kappa shape index (κ1) is 17.0. The maximum absolute atomic E-state index is 12.8. The second-order valence-corrected chi connectivity index (χ2v) is 5.57. The minimum atomic E-state index is -0.335. The quantitative estimate of drug-likeness (QED) is 0.849. The predicted octanol–water partition coefficient (Wildman–Crippen LogP) is 1.96. The van der Waals surface area contributed by atoms with Crippen LogP contribution in [0.25, 0.3) is 0 Å². The second-order valence-electron chi connectivity index (χ2n) is 5.57. The van der Waals surface area contributed by atoms with Crippen LogP contribution in [-0.2, 0) is 11.8 Å². The Morgan fingerprint density at radius 2 is 2.00 bits per heavy atom. The van der Waals surface area contributed by atoms with Gasteiger partial charge in [-0.15, -0.1) is 0 Å². The number of rotatable bonds is 7. The zero-order valence-electron chi connectivity index (χ0n) is 13.6. The molecule has 0 radical (unpaired) electrons. The molecule has 0 saturated carbocycles. The Morgan fingerprint density at radius 3 is 2.57 bits per heavy atom. The standard InChI is InChI=1S/C17H22FN3O2/c1-20(2)16(15-5-4-10-21(15)3)11-19-17(22)12-23-14-8-6-13(18)7-9-14/h4-10,16H,11-12H2,1-3H3,(H,19,22). The van der Waals surface area contributed by atoms with Gasteiger partial charge in [-0.3, -0.25) is 9.69 Å². The summed E-state index contributed by atoms with van der Waals surface area (Å²) in [5, 5.41) is 2.87. The Labute approximate surface area is 135 Å². The van der Waals surface area contributed by atoms with Gasteiger partial charge < -0.3 is 14.6 Å². The monoisotopic (exact) mass is 319 g/mol. The number of nitrogens with one attached hydrogen (secondary N) is 1. The van der Waals surface area contributed by atoms with Gasteiger partial charge in [0.2, 0.25) is 0 Å². The van der Waals surface area contributed by atoms with Gasteiger partial charge in [0.05, 0.1) is 6.04 Å². The van der Waals surface area contributed by atoms with E-state index in [2.05, 4.69) is 10.2 Å². The van der Waals surface area contributed by atoms with Crippen molar-refractivity contribution in [3.8, 4) is 5.75 Å². The Hall–Kier alpha value is -2.34. The van der Waals surface area contributed by atoms with Crippen molar-refractivity contribution in [2.75, 3.05) is 27.2 Å². The Bertz CT molecular complexity index is 638. The normalized spacial score (nSPS) is 12.2. The number of hydrogen-bond donors (Lipinski definition) is 1. The third-order valence-electron chi connectivity index (χ3n) is 3.62. The van der Waals surface area contributed by atoms with Crippen molar-refractivity contribution < 1.29 is 13.9 Å². The van der Waals surface area contributed by atoms with Crippen molar-refractivity contribution in [1.29, 1.82) is 0 Å². The molecule has 1 N–H and O–H groups in total. The highest BCUT2D eigenvalue weighted by atomic mass is 19.1. The van der Waals surface area contributed by atoms with Gasteiger partial charge in [0.15, 0.2) is 6.61 Å². The lowest BCUT2D eigenvalue weighted by Gasteiger charge is -2.25. The Balaban J connectivity index is 1.84. The molecule has 124 valence electrons. The Kier molecular flexibility index (Phi) is 5.76. The van der Waals surface area contributed by atoms with Crippen molar-refractivity contribution in [2.45, 2.75) is 6.04 Å². The summed E-state index contributed by atoms with van der Waals surface area (Å²) >= 11 is 0. The molecule has 0 bridgehead atoms. The van der Waals surface area contributed by atoms with Gasteiger partial charge in [-0.2, -0.15) is 0 Å². The molecular formula is C17H22FN3O2. The van der Waals surface area contributed by atoms with Crippen LogP contribution < -0.4 is 10.1 Å². The molecule has 1 unspecified atom stereocenters. The molecule has 1 aromatic carbocycles. The van der Waals surface area contributed by atoms with Crippen molar-refractivity contribution in [3.63, 3.8) is 0 Å². The van der Waals surface area contributed by atoms with Crippen LogP contribution in [0.3, 0.4) is 0 Å². The van der Waals surface area contributed by atoms with Gasteiger partial charge in [0.25, 0.3) is 5.91 Å². The van der Waals surface area contributed by atoms with Crippen LogP contribution in [0.2, 0.25) is 0 Å². The van der Waals surface area contributed by atoms with Crippen LogP contribution in [0.1, 0.15) is 11.7 Å². The molecular weight excluding hydrogens is 297 g/mol. The van der Waals surface area contributed by atoms with E-state index >= 15 is 0 Å². The van der Waals surface area contributed by atoms with Crippen LogP contribution >= 0.6 is 0 Å². The van der Waals surface area contributed by atoms with Crippen molar-refractivity contribution in [1.82, 2.24) is 14.8 Å². The van der Waals surface area contributed by atoms with Crippen LogP contribution in [-0.4, -0.2) is 42.6 Å². The van der Waals surface area contributed by atoms with Crippen molar-refractivity contribution in [3.05, 3.63) is 54.1 Å². The highest BCUT2D eigenvalue weighted by molar-refractivity contribution is 5.77. The molecule has 0 aliphatic heterocycles. The van der Waals surface area contributed by atoms with Crippen LogP contribution in [0.15, 0.2) is 42.6 Å². The topological polar surface area (TPSA) is 46.5 Å². The largest absolute Gasteiger partial charge is 0.484 e. The van der Waals surface area contributed by atoms with Crippen molar-refractivity contribution >= 4 is 5.91 Å². The molecule has 2 rings (SSSR count). The average molecular weight is 319 g/mol. The third-order valence-corrected chi connectivity index (χ3v) is 3.62. The van der Waals surface area contributed by atoms with E-state index in [-0.39, 0.29) is 24.4 Å². The number of aromatic nitrogens is 1. The summed E-state index contributed by atoms with van der Waals surface area (Å²) in [6.07, 6.45) is 1.98. The van der Waals surface area contributed by atoms with E-state index in [1.54, 1.807) is 0 Å². The highest BCUT2D eigenvalue weighted by Crippen LogP contribution is 2.17. The smallest absolute Gasteiger partial charge is 0.258 e. The summed E-state index contributed by atoms with van der Waals surface area (Å²) < 4.78 is 20.2. The lowest BCUT2D eigenvalue weighted by Crippen LogP contribution is -2.37. The Morgan fingerprint density at radius 1 is 1.30 bits per heavy atom. The predicted molar refractivity (Wildman–Crippen MR) is 86.7 cm³/mol. The molecule has 23 heavy (non-hydrogen) atoms. The lowest BCUT2D eigenvalue weighted by molar-refractivity contribution is -0.123. The summed E-state index contributed by atoms with van der Waals surface area (Å²) in [5.74, 6) is -0.0817. The number of likely N-dealkylation sites (N-methyl/N-ethyl adjacent to an activating group) is 1. The molecule has 0 aliphatic carbocycles. The summed E-state index contributed by atoms with van der Waals surface area (Å²) in [5.41, 5.74) is 1.12. The number of amides is 1. The van der Waals surface area contributed by atoms with E-state index in [4.69, 9.17) is 4.74 Å².